The van der Waals surface area contributed by atoms with Gasteiger partial charge in [0.05, 0.1) is 22.3 Å². The lowest BCUT2D eigenvalue weighted by molar-refractivity contribution is 0.796. The Hall–Kier alpha value is -2.18. The predicted octanol–water partition coefficient (Wildman–Crippen LogP) is 3.96. The van der Waals surface area contributed by atoms with Gasteiger partial charge in [-0.15, -0.1) is 0 Å². The summed E-state index contributed by atoms with van der Waals surface area (Å²) >= 11 is 6.36. The molecule has 1 saturated carbocycles. The van der Waals surface area contributed by atoms with Gasteiger partial charge in [-0.25, -0.2) is 0 Å². The van der Waals surface area contributed by atoms with Crippen molar-refractivity contribution in [2.24, 2.45) is 0 Å². The van der Waals surface area contributed by atoms with E-state index in [2.05, 4.69) is 11.0 Å². The molecule has 0 heterocycles. The predicted molar refractivity (Wildman–Crippen MR) is 86.2 cm³/mol. The molecule has 21 heavy (non-hydrogen) atoms. The number of para-hydroxylation sites is 1. The normalized spacial score (nSPS) is 13.7. The monoisotopic (exact) mass is 297 g/mol. The van der Waals surface area contributed by atoms with Crippen molar-refractivity contribution in [3.05, 3.63) is 58.6 Å². The fourth-order valence-corrected chi connectivity index (χ4v) is 2.76. The van der Waals surface area contributed by atoms with E-state index in [4.69, 9.17) is 22.6 Å². The van der Waals surface area contributed by atoms with Crippen molar-refractivity contribution in [3.8, 4) is 6.07 Å². The molecule has 0 spiro atoms. The van der Waals surface area contributed by atoms with Crippen LogP contribution in [0.15, 0.2) is 42.5 Å². The summed E-state index contributed by atoms with van der Waals surface area (Å²) in [5.74, 6) is 0. The molecule has 1 fully saturated rings. The van der Waals surface area contributed by atoms with E-state index in [0.717, 1.165) is 23.5 Å². The van der Waals surface area contributed by atoms with Gasteiger partial charge in [-0.3, -0.25) is 0 Å². The number of nitrogens with zero attached hydrogens (tertiary/aromatic N) is 2. The van der Waals surface area contributed by atoms with E-state index in [1.807, 2.05) is 36.4 Å². The maximum absolute atomic E-state index is 8.95. The molecule has 0 aromatic heterocycles. The van der Waals surface area contributed by atoms with Crippen molar-refractivity contribution < 1.29 is 0 Å². The molecule has 3 nitrogen and oxygen atoms in total. The van der Waals surface area contributed by atoms with Gasteiger partial charge in [0, 0.05) is 18.3 Å². The van der Waals surface area contributed by atoms with Gasteiger partial charge in [-0.2, -0.15) is 5.26 Å². The third-order valence-electron chi connectivity index (χ3n) is 3.77. The zero-order valence-electron chi connectivity index (χ0n) is 11.6. The molecule has 106 valence electrons. The molecule has 0 bridgehead atoms. The van der Waals surface area contributed by atoms with Crippen LogP contribution in [-0.4, -0.2) is 6.04 Å². The van der Waals surface area contributed by atoms with Gasteiger partial charge in [0.1, 0.15) is 0 Å². The first-order valence-corrected chi connectivity index (χ1v) is 7.36. The van der Waals surface area contributed by atoms with E-state index in [0.29, 0.717) is 16.6 Å². The number of nitrogen functional groups attached to an aromatic ring is 1. The Morgan fingerprint density at radius 1 is 1.24 bits per heavy atom. The molecule has 1 aliphatic rings. The van der Waals surface area contributed by atoms with E-state index in [9.17, 15) is 0 Å². The van der Waals surface area contributed by atoms with Crippen LogP contribution in [0.4, 0.5) is 11.4 Å². The van der Waals surface area contributed by atoms with Crippen LogP contribution in [0.3, 0.4) is 0 Å². The molecule has 0 unspecified atom stereocenters. The van der Waals surface area contributed by atoms with Crippen LogP contribution < -0.4 is 10.6 Å². The molecule has 0 saturated heterocycles. The molecule has 4 heteroatoms. The van der Waals surface area contributed by atoms with Crippen molar-refractivity contribution in [2.45, 2.75) is 25.4 Å². The number of rotatable bonds is 4. The summed E-state index contributed by atoms with van der Waals surface area (Å²) in [5.41, 5.74) is 9.50. The highest BCUT2D eigenvalue weighted by Crippen LogP contribution is 2.37. The Morgan fingerprint density at radius 2 is 2.00 bits per heavy atom. The first-order valence-electron chi connectivity index (χ1n) is 6.98. The van der Waals surface area contributed by atoms with Gasteiger partial charge in [0.15, 0.2) is 0 Å². The van der Waals surface area contributed by atoms with E-state index >= 15 is 0 Å². The summed E-state index contributed by atoms with van der Waals surface area (Å²) in [6.07, 6.45) is 2.34. The van der Waals surface area contributed by atoms with Gasteiger partial charge < -0.3 is 10.6 Å². The van der Waals surface area contributed by atoms with Crippen LogP contribution in [-0.2, 0) is 6.54 Å². The molecule has 1 aliphatic carbocycles. The number of nitriles is 1. The second-order valence-corrected chi connectivity index (χ2v) is 5.74. The summed E-state index contributed by atoms with van der Waals surface area (Å²) in [5, 5.41) is 9.57. The summed E-state index contributed by atoms with van der Waals surface area (Å²) < 4.78 is 0. The molecule has 0 atom stereocenters. The highest BCUT2D eigenvalue weighted by Gasteiger charge is 2.30. The summed E-state index contributed by atoms with van der Waals surface area (Å²) in [6.45, 7) is 0.739. The lowest BCUT2D eigenvalue weighted by Gasteiger charge is -2.26. The van der Waals surface area contributed by atoms with Crippen molar-refractivity contribution >= 4 is 23.0 Å². The first kappa shape index (κ1) is 13.8. The zero-order valence-corrected chi connectivity index (χ0v) is 12.3. The minimum Gasteiger partial charge on any atom is -0.398 e. The van der Waals surface area contributed by atoms with Crippen LogP contribution in [0.25, 0.3) is 0 Å². The Labute approximate surface area is 129 Å². The smallest absolute Gasteiger partial charge is 0.0992 e. The highest BCUT2D eigenvalue weighted by molar-refractivity contribution is 6.33. The van der Waals surface area contributed by atoms with Gasteiger partial charge >= 0.3 is 0 Å². The summed E-state index contributed by atoms with van der Waals surface area (Å²) in [7, 11) is 0. The maximum atomic E-state index is 8.95. The van der Waals surface area contributed by atoms with Crippen LogP contribution in [0.2, 0.25) is 5.02 Å². The summed E-state index contributed by atoms with van der Waals surface area (Å²) in [6, 6.07) is 16.0. The Morgan fingerprint density at radius 3 is 2.62 bits per heavy atom. The Bertz CT molecular complexity index is 701. The molecule has 2 N–H and O–H groups in total. The van der Waals surface area contributed by atoms with Crippen LogP contribution >= 0.6 is 11.6 Å². The minimum absolute atomic E-state index is 0.509. The average Bonchev–Trinajstić information content (AvgIpc) is 3.31. The van der Waals surface area contributed by atoms with Gasteiger partial charge in [0.25, 0.3) is 0 Å². The third-order valence-corrected chi connectivity index (χ3v) is 4.07. The lowest BCUT2D eigenvalue weighted by Crippen LogP contribution is -2.25. The number of anilines is 2. The SMILES string of the molecule is N#Cc1ccc(N(Cc2ccccc2N)C2CC2)c(Cl)c1. The molecule has 2 aromatic rings. The molecule has 2 aromatic carbocycles. The van der Waals surface area contributed by atoms with Gasteiger partial charge in [-0.1, -0.05) is 29.8 Å². The topological polar surface area (TPSA) is 53.0 Å². The molecule has 0 aliphatic heterocycles. The highest BCUT2D eigenvalue weighted by atomic mass is 35.5. The number of hydrogen-bond donors (Lipinski definition) is 1. The number of hydrogen-bond acceptors (Lipinski definition) is 3. The van der Waals surface area contributed by atoms with Crippen molar-refractivity contribution in [3.63, 3.8) is 0 Å². The van der Waals surface area contributed by atoms with E-state index in [-0.39, 0.29) is 0 Å². The first-order chi connectivity index (χ1) is 10.2. The fraction of sp³-hybridized carbons (Fsp3) is 0.235. The maximum Gasteiger partial charge on any atom is 0.0992 e. The molecule has 3 rings (SSSR count). The van der Waals surface area contributed by atoms with Crippen molar-refractivity contribution in [1.82, 2.24) is 0 Å². The number of benzene rings is 2. The largest absolute Gasteiger partial charge is 0.398 e. The molecule has 0 amide bonds. The lowest BCUT2D eigenvalue weighted by atomic mass is 10.1. The van der Waals surface area contributed by atoms with Crippen molar-refractivity contribution in [1.29, 1.82) is 5.26 Å². The van der Waals surface area contributed by atoms with E-state index in [1.54, 1.807) is 6.07 Å². The van der Waals surface area contributed by atoms with E-state index in [1.165, 1.54) is 12.8 Å². The average molecular weight is 298 g/mol. The Balaban J connectivity index is 1.92. The molecular formula is C17H16ClN3. The van der Waals surface area contributed by atoms with Crippen LogP contribution in [0.5, 0.6) is 0 Å². The van der Waals surface area contributed by atoms with Gasteiger partial charge in [-0.05, 0) is 42.7 Å². The van der Waals surface area contributed by atoms with Gasteiger partial charge in [0.2, 0.25) is 0 Å². The quantitative estimate of drug-likeness (QED) is 0.869. The second-order valence-electron chi connectivity index (χ2n) is 5.34. The fourth-order valence-electron chi connectivity index (χ4n) is 2.47. The van der Waals surface area contributed by atoms with Crippen molar-refractivity contribution in [2.75, 3.05) is 10.6 Å². The third kappa shape index (κ3) is 2.96. The van der Waals surface area contributed by atoms with E-state index < -0.39 is 0 Å². The zero-order chi connectivity index (χ0) is 14.8. The van der Waals surface area contributed by atoms with Crippen LogP contribution in [0, 0.1) is 11.3 Å². The minimum atomic E-state index is 0.509. The molecule has 0 radical (unpaired) electrons. The standard InChI is InChI=1S/C17H16ClN3/c18-15-9-12(10-19)5-8-17(15)21(14-6-7-14)11-13-3-1-2-4-16(13)20/h1-5,8-9,14H,6-7,11,20H2. The summed E-state index contributed by atoms with van der Waals surface area (Å²) in [4.78, 5) is 2.29. The Kier molecular flexibility index (Phi) is 3.72. The molecular weight excluding hydrogens is 282 g/mol. The number of halogens is 1. The number of nitrogens with two attached hydrogens (primary N) is 1. The second kappa shape index (κ2) is 5.67. The van der Waals surface area contributed by atoms with Crippen LogP contribution in [0.1, 0.15) is 24.0 Å².